The van der Waals surface area contributed by atoms with Crippen molar-refractivity contribution in [3.63, 3.8) is 0 Å². The van der Waals surface area contributed by atoms with Gasteiger partial charge in [0.05, 0.1) is 71.8 Å². The second kappa shape index (κ2) is 33.0. The minimum atomic E-state index is -4.69. The lowest BCUT2D eigenvalue weighted by atomic mass is 10.1. The Bertz CT molecular complexity index is 3870. The number of aromatic nitrogens is 8. The maximum atomic E-state index is 14.3. The van der Waals surface area contributed by atoms with Crippen molar-refractivity contribution in [3.05, 3.63) is 104 Å². The van der Waals surface area contributed by atoms with Crippen molar-refractivity contribution in [2.24, 2.45) is 7.05 Å². The van der Waals surface area contributed by atoms with Gasteiger partial charge in [-0.1, -0.05) is 29.8 Å². The van der Waals surface area contributed by atoms with Gasteiger partial charge >= 0.3 is 50.0 Å². The van der Waals surface area contributed by atoms with Crippen LogP contribution in [0.4, 0.5) is 52.2 Å². The standard InChI is InChI=1S/C15H12BrClF4N2O2.C15H16F3N5O4S.C15H18N6O6S.C3H8NO5P/c1-6(2)25-14(24)7-4-8(10(18)5-9(7)17)12-11(16)13(15(19,20)21)23(3)22-12;1-9-19-12(22-14(20-9)27-2)21-13(24)23-28(25,26)11-6-4-3-5-10(11)7-8-15(16,17)18;1-21(2)13(22)9-6-5-7-16-12(9)28(24,25)20-15(23)19-14-17-10(26-3)8-11(18-14)27-4;5-3(6)1-4-2-10(7,8)9/h4-6H,1-3H3;3-6H,7-8H2,1-2H3,(H2,19,20,21,22,23,24);5-8H,1-4H3,(H2,17,18,19,20,23);4H,1-2H2,(H,5,6)(H2,7,8,9). The lowest BCUT2D eigenvalue weighted by Gasteiger charge is -2.14. The van der Waals surface area contributed by atoms with Crippen molar-refractivity contribution >= 4 is 97.0 Å². The van der Waals surface area contributed by atoms with E-state index in [-0.39, 0.29) is 68.5 Å². The van der Waals surface area contributed by atoms with Gasteiger partial charge < -0.3 is 38.7 Å². The van der Waals surface area contributed by atoms with Crippen LogP contribution in [0.3, 0.4) is 0 Å². The third-order valence-electron chi connectivity index (χ3n) is 10.2. The van der Waals surface area contributed by atoms with Crippen molar-refractivity contribution in [1.82, 2.24) is 59.3 Å². The summed E-state index contributed by atoms with van der Waals surface area (Å²) in [5.74, 6) is -3.59. The van der Waals surface area contributed by atoms with Crippen LogP contribution < -0.4 is 39.6 Å². The number of carbonyl (C=O) groups is 5. The minimum absolute atomic E-state index is 0.0715. The molecule has 0 saturated heterocycles. The van der Waals surface area contributed by atoms with Gasteiger partial charge in [-0.3, -0.25) is 34.8 Å². The molecule has 0 aliphatic carbocycles. The third kappa shape index (κ3) is 24.7. The summed E-state index contributed by atoms with van der Waals surface area (Å²) in [4.78, 5) is 98.0. The Morgan fingerprint density at radius 1 is 0.813 bits per heavy atom. The second-order valence-corrected chi connectivity index (χ2v) is 24.0. The van der Waals surface area contributed by atoms with Gasteiger partial charge in [-0.2, -0.15) is 64.8 Å². The number of sulfonamides is 2. The number of nitrogens with zero attached hydrogens (tertiary/aromatic N) is 9. The highest BCUT2D eigenvalue weighted by molar-refractivity contribution is 9.10. The number of methoxy groups -OCH3 is 3. The number of hydrogen-bond acceptors (Lipinski definition) is 22. The molecule has 4 heterocycles. The largest absolute Gasteiger partial charge is 0.481 e. The summed E-state index contributed by atoms with van der Waals surface area (Å²) in [7, 11) is -5.01. The number of aryl methyl sites for hydroxylation is 3. The number of benzene rings is 2. The van der Waals surface area contributed by atoms with Gasteiger partial charge in [0.1, 0.15) is 17.3 Å². The Kier molecular flexibility index (Phi) is 27.9. The first-order chi connectivity index (χ1) is 42.0. The summed E-state index contributed by atoms with van der Waals surface area (Å²) in [6, 6.07) is 8.57. The van der Waals surface area contributed by atoms with Crippen LogP contribution in [0.1, 0.15) is 58.1 Å². The number of carboxylic acid groups (broad SMARTS) is 1. The van der Waals surface area contributed by atoms with Gasteiger partial charge in [-0.25, -0.2) is 41.6 Å². The first-order valence-corrected chi connectivity index (χ1v) is 30.7. The number of aliphatic carboxylic acids is 1. The Morgan fingerprint density at radius 3 is 1.89 bits per heavy atom. The monoisotopic (exact) mass is 1440 g/mol. The lowest BCUT2D eigenvalue weighted by Crippen LogP contribution is -2.36. The van der Waals surface area contributed by atoms with Crippen LogP contribution in [0.25, 0.3) is 11.3 Å². The molecule has 4 aromatic heterocycles. The highest BCUT2D eigenvalue weighted by Gasteiger charge is 2.39. The average molecular weight is 1440 g/mol. The zero-order chi connectivity index (χ0) is 69.1. The van der Waals surface area contributed by atoms with Crippen molar-refractivity contribution in [1.29, 1.82) is 0 Å². The molecule has 0 unspecified atom stereocenters. The Morgan fingerprint density at radius 2 is 1.38 bits per heavy atom. The Balaban J connectivity index is 0.000000331. The molecule has 0 bridgehead atoms. The van der Waals surface area contributed by atoms with E-state index in [9.17, 15) is 76.1 Å². The van der Waals surface area contributed by atoms with E-state index in [1.807, 2.05) is 0 Å². The van der Waals surface area contributed by atoms with Crippen LogP contribution in [0.5, 0.6) is 17.8 Å². The summed E-state index contributed by atoms with van der Waals surface area (Å²) < 4.78 is 174. The van der Waals surface area contributed by atoms with E-state index in [1.165, 1.54) is 89.8 Å². The Hall–Kier alpha value is -8.47. The summed E-state index contributed by atoms with van der Waals surface area (Å²) in [5, 5.41) is 17.2. The minimum Gasteiger partial charge on any atom is -0.481 e. The fourth-order valence-electron chi connectivity index (χ4n) is 6.58. The number of alkyl halides is 6. The summed E-state index contributed by atoms with van der Waals surface area (Å²) in [5.41, 5.74) is -2.12. The quantitative estimate of drug-likeness (QED) is 0.0250. The van der Waals surface area contributed by atoms with Crippen LogP contribution in [-0.4, -0.2) is 167 Å². The first kappa shape index (κ1) is 76.8. The number of hydrogen-bond donors (Lipinski definition) is 8. The average Bonchev–Trinajstić information content (AvgIpc) is 1.68. The third-order valence-corrected chi connectivity index (χ3v) is 14.7. The molecule has 43 heteroatoms. The number of anilines is 2. The predicted octanol–water partition coefficient (Wildman–Crippen LogP) is 6.32. The first-order valence-electron chi connectivity index (χ1n) is 24.7. The maximum absolute atomic E-state index is 14.3. The summed E-state index contributed by atoms with van der Waals surface area (Å²) in [6.45, 7) is 4.29. The molecule has 6 rings (SSSR count). The molecule has 0 saturated carbocycles. The number of carboxylic acids is 1. The molecular weight excluding hydrogens is 1390 g/mol. The maximum Gasteiger partial charge on any atom is 0.434 e. The number of rotatable bonds is 19. The van der Waals surface area contributed by atoms with Crippen LogP contribution in [0.2, 0.25) is 5.02 Å². The highest BCUT2D eigenvalue weighted by Crippen LogP contribution is 2.41. The van der Waals surface area contributed by atoms with Crippen molar-refractivity contribution in [2.75, 3.05) is 58.9 Å². The summed E-state index contributed by atoms with van der Waals surface area (Å²) >= 11 is 8.67. The van der Waals surface area contributed by atoms with E-state index in [0.717, 1.165) is 25.2 Å². The highest BCUT2D eigenvalue weighted by atomic mass is 79.9. The summed E-state index contributed by atoms with van der Waals surface area (Å²) in [6.07, 6.45) is -10.7. The molecule has 5 amide bonds. The van der Waals surface area contributed by atoms with Gasteiger partial charge in [0, 0.05) is 39.3 Å². The van der Waals surface area contributed by atoms with Crippen LogP contribution in [0, 0.1) is 12.7 Å². The lowest BCUT2D eigenvalue weighted by molar-refractivity contribution is -0.144. The molecule has 0 aliphatic heterocycles. The Labute approximate surface area is 525 Å². The van der Waals surface area contributed by atoms with Gasteiger partial charge in [0.2, 0.25) is 23.7 Å². The van der Waals surface area contributed by atoms with Gasteiger partial charge in [-0.05, 0) is 79.0 Å². The van der Waals surface area contributed by atoms with E-state index in [2.05, 4.69) is 66.9 Å². The van der Waals surface area contributed by atoms with Crippen molar-refractivity contribution in [3.8, 4) is 29.0 Å². The van der Waals surface area contributed by atoms with Crippen LogP contribution in [-0.2, 0) is 53.8 Å². The molecule has 6 aromatic rings. The van der Waals surface area contributed by atoms with E-state index >= 15 is 0 Å². The number of nitrogens with one attached hydrogen (secondary N) is 5. The molecule has 2 aromatic carbocycles. The number of esters is 1. The SMILES string of the molecule is CC(C)OC(=O)c1cc(-c2nn(C)c(C(F)(F)F)c2Br)c(F)cc1Cl.COc1cc(OC)nc(NC(=O)NS(=O)(=O)c2ncccc2C(=O)N(C)C)n1.COc1nc(C)nc(NC(=O)NS(=O)(=O)c2ccccc2CCC(F)(F)F)n1.O=C(O)CNCP(=O)(O)O. The zero-order valence-corrected chi connectivity index (χ0v) is 53.3. The topological polar surface area (TPSA) is 427 Å². The molecule has 91 heavy (non-hydrogen) atoms. The van der Waals surface area contributed by atoms with Gasteiger partial charge in [-0.15, -0.1) is 0 Å². The predicted molar refractivity (Wildman–Crippen MR) is 307 cm³/mol. The van der Waals surface area contributed by atoms with E-state index in [4.69, 9.17) is 45.4 Å². The number of amides is 5. The molecule has 498 valence electrons. The normalized spacial score (nSPS) is 11.4. The molecule has 0 fully saturated rings. The molecule has 8 N–H and O–H groups in total. The van der Waals surface area contributed by atoms with Gasteiger partial charge in [0.15, 0.2) is 10.7 Å². The van der Waals surface area contributed by atoms with E-state index in [0.29, 0.717) is 4.68 Å². The number of halogens is 9. The molecule has 0 spiro atoms. The van der Waals surface area contributed by atoms with Crippen molar-refractivity contribution < 1.29 is 110 Å². The molecule has 0 atom stereocenters. The zero-order valence-electron chi connectivity index (χ0n) is 48.4. The van der Waals surface area contributed by atoms with Gasteiger partial charge in [0.25, 0.3) is 26.0 Å². The number of ether oxygens (including phenoxy) is 4. The molecular formula is C48H54BrClF7N14O17PS2. The molecule has 31 nitrogen and oxygen atoms in total. The van der Waals surface area contributed by atoms with Crippen LogP contribution in [0.15, 0.2) is 75.2 Å². The molecule has 0 aliphatic rings. The smallest absolute Gasteiger partial charge is 0.434 e. The fourth-order valence-corrected chi connectivity index (χ4v) is 10.2. The second-order valence-electron chi connectivity index (χ2n) is 17.9. The van der Waals surface area contributed by atoms with E-state index in [1.54, 1.807) is 23.3 Å². The van der Waals surface area contributed by atoms with Crippen molar-refractivity contribution in [2.45, 2.75) is 62.0 Å². The molecule has 0 radical (unpaired) electrons. The number of carbonyl (C=O) groups excluding carboxylic acids is 4. The van der Waals surface area contributed by atoms with E-state index < -0.39 is 128 Å². The number of pyridine rings is 1. The van der Waals surface area contributed by atoms with Crippen LogP contribution >= 0.6 is 35.1 Å². The fraction of sp³-hybridized carbons (Fsp3) is 0.333. The number of urea groups is 2.